The first kappa shape index (κ1) is 12.4. The Kier molecular flexibility index (Phi) is 4.47. The number of terminal acetylenes is 1. The van der Waals surface area contributed by atoms with Crippen LogP contribution in [0, 0.1) is 12.3 Å². The van der Waals surface area contributed by atoms with Crippen LogP contribution in [0.2, 0.25) is 0 Å². The maximum absolute atomic E-state index is 9.45. The van der Waals surface area contributed by atoms with Gasteiger partial charge in [0.1, 0.15) is 31.0 Å². The lowest BCUT2D eigenvalue weighted by molar-refractivity contribution is -0.185. The van der Waals surface area contributed by atoms with Crippen LogP contribution in [0.15, 0.2) is 0 Å². The van der Waals surface area contributed by atoms with Crippen molar-refractivity contribution in [2.24, 2.45) is 0 Å². The molecule has 86 valence electrons. The normalized spacial score (nSPS) is 37.5. The van der Waals surface area contributed by atoms with Gasteiger partial charge >= 0.3 is 0 Å². The highest BCUT2D eigenvalue weighted by Gasteiger charge is 2.45. The van der Waals surface area contributed by atoms with Crippen LogP contribution >= 0.6 is 0 Å². The van der Waals surface area contributed by atoms with E-state index in [1.165, 1.54) is 0 Å². The summed E-state index contributed by atoms with van der Waals surface area (Å²) in [4.78, 5) is 0. The van der Waals surface area contributed by atoms with Crippen LogP contribution in [0.4, 0.5) is 0 Å². The molecule has 15 heavy (non-hydrogen) atoms. The van der Waals surface area contributed by atoms with E-state index < -0.39 is 37.3 Å². The molecular weight excluding hydrogens is 204 g/mol. The Hall–Kier alpha value is -0.680. The van der Waals surface area contributed by atoms with Crippen molar-refractivity contribution < 1.29 is 29.9 Å². The third kappa shape index (κ3) is 2.66. The standard InChI is InChI=1S/C9H14O6/c1-2-3-14-9(13)8-7(12)6(11)5(4-10)15-8/h1,5-13H,3-4H2/t5?,6-,7?,8?,9-/m1/s1. The first-order valence-corrected chi connectivity index (χ1v) is 4.47. The second-order valence-electron chi connectivity index (χ2n) is 3.21. The largest absolute Gasteiger partial charge is 0.394 e. The molecule has 0 aromatic heterocycles. The molecule has 1 heterocycles. The number of rotatable bonds is 4. The molecule has 1 aliphatic heterocycles. The van der Waals surface area contributed by atoms with Crippen LogP contribution in [0.25, 0.3) is 0 Å². The van der Waals surface area contributed by atoms with Gasteiger partial charge in [0.15, 0.2) is 6.29 Å². The molecule has 0 spiro atoms. The van der Waals surface area contributed by atoms with E-state index in [-0.39, 0.29) is 6.61 Å². The molecule has 5 atom stereocenters. The SMILES string of the molecule is C#CCO[C@@H](O)C1OC(CO)[C@@H](O)C1O. The zero-order valence-corrected chi connectivity index (χ0v) is 7.98. The van der Waals surface area contributed by atoms with Gasteiger partial charge in [-0.1, -0.05) is 5.92 Å². The molecule has 1 rings (SSSR count). The van der Waals surface area contributed by atoms with Gasteiger partial charge in [0.2, 0.25) is 0 Å². The summed E-state index contributed by atoms with van der Waals surface area (Å²) in [6.07, 6.45) is -1.10. The highest BCUT2D eigenvalue weighted by Crippen LogP contribution is 2.23. The third-order valence-corrected chi connectivity index (χ3v) is 2.20. The maximum atomic E-state index is 9.45. The Morgan fingerprint density at radius 3 is 2.53 bits per heavy atom. The smallest absolute Gasteiger partial charge is 0.185 e. The average molecular weight is 218 g/mol. The Morgan fingerprint density at radius 2 is 2.07 bits per heavy atom. The number of ether oxygens (including phenoxy) is 2. The van der Waals surface area contributed by atoms with Crippen molar-refractivity contribution in [3.63, 3.8) is 0 Å². The van der Waals surface area contributed by atoms with E-state index in [1.54, 1.807) is 0 Å². The predicted molar refractivity (Wildman–Crippen MR) is 48.6 cm³/mol. The highest BCUT2D eigenvalue weighted by molar-refractivity contribution is 4.92. The molecule has 1 fully saturated rings. The fourth-order valence-corrected chi connectivity index (χ4v) is 1.39. The number of aliphatic hydroxyl groups excluding tert-OH is 4. The van der Waals surface area contributed by atoms with Crippen molar-refractivity contribution >= 4 is 0 Å². The number of aliphatic hydroxyl groups is 4. The molecule has 0 bridgehead atoms. The van der Waals surface area contributed by atoms with E-state index >= 15 is 0 Å². The minimum absolute atomic E-state index is 0.131. The lowest BCUT2D eigenvalue weighted by Gasteiger charge is -2.20. The zero-order valence-electron chi connectivity index (χ0n) is 7.98. The minimum atomic E-state index is -1.43. The summed E-state index contributed by atoms with van der Waals surface area (Å²) in [5, 5.41) is 37.0. The van der Waals surface area contributed by atoms with Gasteiger partial charge < -0.3 is 29.9 Å². The van der Waals surface area contributed by atoms with Crippen LogP contribution in [0.1, 0.15) is 0 Å². The van der Waals surface area contributed by atoms with Gasteiger partial charge in [-0.2, -0.15) is 0 Å². The van der Waals surface area contributed by atoms with Crippen molar-refractivity contribution in [2.45, 2.75) is 30.7 Å². The first-order valence-electron chi connectivity index (χ1n) is 4.47. The lowest BCUT2D eigenvalue weighted by Crippen LogP contribution is -2.40. The van der Waals surface area contributed by atoms with E-state index in [1.807, 2.05) is 0 Å². The van der Waals surface area contributed by atoms with Crippen LogP contribution in [0.3, 0.4) is 0 Å². The molecule has 6 heteroatoms. The molecule has 3 unspecified atom stereocenters. The molecule has 4 N–H and O–H groups in total. The molecule has 0 aliphatic carbocycles. The van der Waals surface area contributed by atoms with E-state index in [9.17, 15) is 15.3 Å². The molecule has 1 saturated heterocycles. The third-order valence-electron chi connectivity index (χ3n) is 2.20. The van der Waals surface area contributed by atoms with Crippen molar-refractivity contribution in [3.05, 3.63) is 0 Å². The van der Waals surface area contributed by atoms with Crippen LogP contribution < -0.4 is 0 Å². The quantitative estimate of drug-likeness (QED) is 0.306. The van der Waals surface area contributed by atoms with Gasteiger partial charge in [-0.3, -0.25) is 0 Å². The van der Waals surface area contributed by atoms with Gasteiger partial charge in [0.05, 0.1) is 6.61 Å². The molecule has 0 amide bonds. The summed E-state index contributed by atoms with van der Waals surface area (Å²) < 4.78 is 9.73. The molecule has 0 radical (unpaired) electrons. The maximum Gasteiger partial charge on any atom is 0.185 e. The Morgan fingerprint density at radius 1 is 1.40 bits per heavy atom. The van der Waals surface area contributed by atoms with E-state index in [0.29, 0.717) is 0 Å². The summed E-state index contributed by atoms with van der Waals surface area (Å²) in [6, 6.07) is 0. The monoisotopic (exact) mass is 218 g/mol. The lowest BCUT2D eigenvalue weighted by atomic mass is 10.1. The fraction of sp³-hybridized carbons (Fsp3) is 0.778. The Labute approximate surface area is 87.1 Å². The van der Waals surface area contributed by atoms with Crippen LogP contribution in [-0.4, -0.2) is 64.3 Å². The van der Waals surface area contributed by atoms with Gasteiger partial charge in [0, 0.05) is 0 Å². The van der Waals surface area contributed by atoms with Crippen molar-refractivity contribution in [3.8, 4) is 12.3 Å². The Balaban J connectivity index is 2.53. The summed E-state index contributed by atoms with van der Waals surface area (Å²) in [6.45, 7) is -0.579. The molecule has 1 aliphatic rings. The van der Waals surface area contributed by atoms with Crippen molar-refractivity contribution in [1.29, 1.82) is 0 Å². The summed E-state index contributed by atoms with van der Waals surface area (Å²) in [5.74, 6) is 2.14. The number of hydrogen-bond donors (Lipinski definition) is 4. The summed E-state index contributed by atoms with van der Waals surface area (Å²) in [7, 11) is 0. The van der Waals surface area contributed by atoms with Gasteiger partial charge in [-0.25, -0.2) is 0 Å². The molecule has 0 aromatic carbocycles. The number of hydrogen-bond acceptors (Lipinski definition) is 6. The zero-order chi connectivity index (χ0) is 11.4. The average Bonchev–Trinajstić information content (AvgIpc) is 2.52. The summed E-state index contributed by atoms with van der Waals surface area (Å²) in [5.41, 5.74) is 0. The topological polar surface area (TPSA) is 99.4 Å². The first-order chi connectivity index (χ1) is 7.11. The van der Waals surface area contributed by atoms with Crippen LogP contribution in [0.5, 0.6) is 0 Å². The summed E-state index contributed by atoms with van der Waals surface area (Å²) >= 11 is 0. The van der Waals surface area contributed by atoms with Gasteiger partial charge in [-0.15, -0.1) is 6.42 Å². The van der Waals surface area contributed by atoms with E-state index in [4.69, 9.17) is 21.0 Å². The second-order valence-corrected chi connectivity index (χ2v) is 3.21. The second kappa shape index (κ2) is 5.42. The van der Waals surface area contributed by atoms with Gasteiger partial charge in [0.25, 0.3) is 0 Å². The minimum Gasteiger partial charge on any atom is -0.394 e. The van der Waals surface area contributed by atoms with Crippen molar-refractivity contribution in [1.82, 2.24) is 0 Å². The van der Waals surface area contributed by atoms with Crippen LogP contribution in [-0.2, 0) is 9.47 Å². The molecule has 0 saturated carbocycles. The fourth-order valence-electron chi connectivity index (χ4n) is 1.39. The molecular formula is C9H14O6. The van der Waals surface area contributed by atoms with E-state index in [2.05, 4.69) is 5.92 Å². The Bertz CT molecular complexity index is 237. The van der Waals surface area contributed by atoms with Gasteiger partial charge in [-0.05, 0) is 0 Å². The molecule has 0 aromatic rings. The molecule has 6 nitrogen and oxygen atoms in total. The predicted octanol–water partition coefficient (Wildman–Crippen LogP) is -2.56. The highest BCUT2D eigenvalue weighted by atomic mass is 16.6. The van der Waals surface area contributed by atoms with Crippen molar-refractivity contribution in [2.75, 3.05) is 13.2 Å². The van der Waals surface area contributed by atoms with E-state index in [0.717, 1.165) is 0 Å².